The fourth-order valence-corrected chi connectivity index (χ4v) is 8.54. The van der Waals surface area contributed by atoms with Gasteiger partial charge in [0.15, 0.2) is 0 Å². The van der Waals surface area contributed by atoms with Crippen LogP contribution in [0.15, 0.2) is 158 Å². The molecule has 0 spiro atoms. The van der Waals surface area contributed by atoms with Crippen LogP contribution in [0, 0.1) is 0 Å². The maximum atomic E-state index is 2.43. The summed E-state index contributed by atoms with van der Waals surface area (Å²) in [6, 6.07) is 58.0. The molecule has 2 nitrogen and oxygen atoms in total. The Kier molecular flexibility index (Phi) is 8.64. The van der Waals surface area contributed by atoms with Gasteiger partial charge in [0.2, 0.25) is 0 Å². The number of hydrogen-bond acceptors (Lipinski definition) is 0. The summed E-state index contributed by atoms with van der Waals surface area (Å²) in [5.74, 6) is 1.58. The van der Waals surface area contributed by atoms with Crippen molar-refractivity contribution in [2.45, 2.75) is 50.6 Å². The first-order chi connectivity index (χ1) is 26.5. The van der Waals surface area contributed by atoms with Gasteiger partial charge in [0.05, 0.1) is 22.1 Å². The zero-order valence-electron chi connectivity index (χ0n) is 30.9. The second-order valence-electron chi connectivity index (χ2n) is 15.4. The van der Waals surface area contributed by atoms with Crippen LogP contribution in [0.1, 0.15) is 48.6 Å². The second-order valence-corrected chi connectivity index (χ2v) is 28.2. The maximum Gasteiger partial charge on any atom is 0.0532 e. The number of rotatable bonds is 4. The third-order valence-electron chi connectivity index (χ3n) is 11.2. The molecule has 12 rings (SSSR count). The molecule has 2 fully saturated rings. The van der Waals surface area contributed by atoms with Gasteiger partial charge in [-0.15, -0.1) is 69.1 Å². The Morgan fingerprint density at radius 1 is 0.444 bits per heavy atom. The predicted molar refractivity (Wildman–Crippen MR) is 229 cm³/mol. The van der Waals surface area contributed by atoms with E-state index in [1.54, 1.807) is 0 Å². The molecule has 4 heteroatoms. The van der Waals surface area contributed by atoms with Crippen molar-refractivity contribution < 1.29 is 23.0 Å². The fraction of sp³-hybridized carbons (Fsp3) is 0.160. The molecule has 0 atom stereocenters. The molecule has 10 aromatic rings. The average Bonchev–Trinajstić information content (AvgIpc) is 4.08. The molecule has 2 aliphatic carbocycles. The fourth-order valence-electron chi connectivity index (χ4n) is 8.54. The zero-order valence-corrected chi connectivity index (χ0v) is 35.5. The monoisotopic (exact) mass is 878 g/mol. The first kappa shape index (κ1) is 33.8. The van der Waals surface area contributed by atoms with Crippen LogP contribution in [0.5, 0.6) is 0 Å². The van der Waals surface area contributed by atoms with Gasteiger partial charge in [-0.1, -0.05) is 84.9 Å². The largest absolute Gasteiger partial charge is 0.318 e. The molecule has 8 aromatic carbocycles. The van der Waals surface area contributed by atoms with Crippen molar-refractivity contribution in [3.63, 3.8) is 0 Å². The van der Waals surface area contributed by atoms with Gasteiger partial charge in [0, 0.05) is 32.9 Å². The van der Waals surface area contributed by atoms with Gasteiger partial charge in [-0.25, -0.2) is 0 Å². The van der Waals surface area contributed by atoms with Crippen LogP contribution in [0.3, 0.4) is 0 Å². The molecule has 54 heavy (non-hydrogen) atoms. The van der Waals surface area contributed by atoms with E-state index in [1.807, 2.05) is 0 Å². The number of benzene rings is 6. The van der Waals surface area contributed by atoms with Crippen LogP contribution in [-0.2, 0) is 23.0 Å². The van der Waals surface area contributed by atoms with Crippen LogP contribution in [0.25, 0.3) is 76.5 Å². The molecule has 0 unspecified atom stereocenters. The molecular formula is C50H42HfN2Si. The molecular weight excluding hydrogens is 835 g/mol. The van der Waals surface area contributed by atoms with Crippen molar-refractivity contribution in [1.82, 2.24) is 9.13 Å². The zero-order chi connectivity index (χ0) is 36.3. The summed E-state index contributed by atoms with van der Waals surface area (Å²) in [6.07, 6.45) is 5.39. The van der Waals surface area contributed by atoms with E-state index in [4.69, 9.17) is 0 Å². The van der Waals surface area contributed by atoms with E-state index in [-0.39, 0.29) is 5.49 Å². The van der Waals surface area contributed by atoms with Crippen molar-refractivity contribution in [1.29, 1.82) is 0 Å². The summed E-state index contributed by atoms with van der Waals surface area (Å²) in [6.45, 7) is 4.66. The summed E-state index contributed by atoms with van der Waals surface area (Å²) < 4.78 is 4.87. The van der Waals surface area contributed by atoms with E-state index in [2.05, 4.69) is 180 Å². The first-order valence-electron chi connectivity index (χ1n) is 19.4. The van der Waals surface area contributed by atoms with Gasteiger partial charge in [-0.3, -0.25) is 0 Å². The number of hydrogen-bond donors (Lipinski definition) is 0. The first-order valence-corrected chi connectivity index (χ1v) is 27.3. The Bertz CT molecular complexity index is 2700. The van der Waals surface area contributed by atoms with Gasteiger partial charge >= 0.3 is 41.6 Å². The third-order valence-corrected chi connectivity index (χ3v) is 11.2. The molecule has 0 radical (unpaired) electrons. The molecule has 0 saturated heterocycles. The SMILES string of the molecule is C[Si](C)=[Hf+2].c1cc(-n2c3ccccc3c3ccccc32)c2cc(C3CC3)[cH-]c2c1.c1cc(-n2c3ccccc3c3ccccc32)c2cc(C3CC3)[cH-]c2c1. The Labute approximate surface area is 331 Å². The topological polar surface area (TPSA) is 9.86 Å². The summed E-state index contributed by atoms with van der Waals surface area (Å²) in [4.78, 5) is 0. The number of aromatic nitrogens is 2. The number of nitrogens with zero attached hydrogens (tertiary/aromatic N) is 2. The van der Waals surface area contributed by atoms with Crippen molar-refractivity contribution in [2.75, 3.05) is 0 Å². The van der Waals surface area contributed by atoms with E-state index in [1.165, 1.54) is 136 Å². The summed E-state index contributed by atoms with van der Waals surface area (Å²) in [5.41, 5.74) is 11.0. The normalized spacial score (nSPS) is 14.1. The Balaban J connectivity index is 0.000000122. The maximum absolute atomic E-state index is 2.43. The van der Waals surface area contributed by atoms with Gasteiger partial charge in [-0.2, -0.15) is 12.1 Å². The van der Waals surface area contributed by atoms with Gasteiger partial charge in [-0.05, 0) is 61.8 Å². The van der Waals surface area contributed by atoms with Crippen molar-refractivity contribution in [3.8, 4) is 11.4 Å². The minimum absolute atomic E-state index is 0.259. The molecule has 2 saturated carbocycles. The third kappa shape index (κ3) is 6.04. The van der Waals surface area contributed by atoms with Crippen LogP contribution in [-0.4, -0.2) is 14.6 Å². The molecule has 260 valence electrons. The summed E-state index contributed by atoms with van der Waals surface area (Å²) in [7, 11) is 0. The van der Waals surface area contributed by atoms with Gasteiger partial charge in [0.1, 0.15) is 0 Å². The van der Waals surface area contributed by atoms with Crippen molar-refractivity contribution in [3.05, 3.63) is 169 Å². The Hall–Kier alpha value is -4.77. The average molecular weight is 877 g/mol. The Morgan fingerprint density at radius 2 is 0.759 bits per heavy atom. The predicted octanol–water partition coefficient (Wildman–Crippen LogP) is 13.9. The number of fused-ring (bicyclic) bond motifs is 8. The quantitative estimate of drug-likeness (QED) is 0.123. The van der Waals surface area contributed by atoms with E-state index >= 15 is 0 Å². The van der Waals surface area contributed by atoms with E-state index in [0.717, 1.165) is 11.8 Å². The van der Waals surface area contributed by atoms with Crippen molar-refractivity contribution >= 4 is 70.7 Å². The van der Waals surface area contributed by atoms with Gasteiger partial charge < -0.3 is 9.13 Å². The smallest absolute Gasteiger partial charge is 0.0532 e. The van der Waals surface area contributed by atoms with Gasteiger partial charge in [0.25, 0.3) is 0 Å². The summed E-state index contributed by atoms with van der Waals surface area (Å²) in [5, 5.41) is 10.8. The number of para-hydroxylation sites is 4. The second kappa shape index (κ2) is 13.8. The Morgan fingerprint density at radius 3 is 1.07 bits per heavy atom. The van der Waals surface area contributed by atoms with E-state index < -0.39 is 0 Å². The van der Waals surface area contributed by atoms with Crippen molar-refractivity contribution in [2.24, 2.45) is 0 Å². The molecule has 2 aromatic heterocycles. The molecule has 2 aliphatic rings. The molecule has 0 amide bonds. The van der Waals surface area contributed by atoms with Crippen LogP contribution >= 0.6 is 0 Å². The molecule has 0 aliphatic heterocycles. The summed E-state index contributed by atoms with van der Waals surface area (Å²) >= 11 is 1.45. The standard InChI is InChI=1S/2C24H18N.C2H6Si.Hf/c2*1-3-9-22-19(7-1)20-8-2-4-10-23(20)25(22)24-11-5-6-17-14-18(15-21(17)24)16-12-13-16;1-3-2;/h2*1-11,14-16H,12-13H2;1-2H3;/q2*-1;;+2. The van der Waals surface area contributed by atoms with E-state index in [0.29, 0.717) is 0 Å². The molecule has 2 heterocycles. The molecule has 0 N–H and O–H groups in total. The van der Waals surface area contributed by atoms with E-state index in [9.17, 15) is 0 Å². The minimum Gasteiger partial charge on any atom is -0.318 e. The van der Waals surface area contributed by atoms with Crippen LogP contribution in [0.2, 0.25) is 13.1 Å². The minimum atomic E-state index is 0.259. The van der Waals surface area contributed by atoms with Crippen LogP contribution < -0.4 is 0 Å². The molecule has 0 bridgehead atoms. The van der Waals surface area contributed by atoms with Crippen LogP contribution in [0.4, 0.5) is 0 Å².